The van der Waals surface area contributed by atoms with Crippen LogP contribution < -0.4 is 10.5 Å². The second kappa shape index (κ2) is 22.2. The Morgan fingerprint density at radius 2 is 1.49 bits per heavy atom. The van der Waals surface area contributed by atoms with Crippen LogP contribution in [0, 0.1) is 23.8 Å². The highest BCUT2D eigenvalue weighted by Gasteiger charge is 2.49. The van der Waals surface area contributed by atoms with E-state index in [1.807, 2.05) is 12.1 Å². The zero-order valence-corrected chi connectivity index (χ0v) is 31.7. The van der Waals surface area contributed by atoms with Crippen molar-refractivity contribution in [1.29, 1.82) is 0 Å². The molecule has 0 aliphatic heterocycles. The number of fused-ring (bicyclic) bond motifs is 1. The number of nitrogen functional groups attached to an aromatic ring is 1. The largest absolute Gasteiger partial charge is 0.461 e. The number of esters is 2. The number of hydrogen-bond acceptors (Lipinski definition) is 9. The first-order valence-corrected chi connectivity index (χ1v) is 20.0. The lowest BCUT2D eigenvalue weighted by Gasteiger charge is -2.27. The van der Waals surface area contributed by atoms with E-state index < -0.39 is 30.2 Å². The Labute approximate surface area is 314 Å². The molecule has 0 saturated heterocycles. The number of halogens is 1. The van der Waals surface area contributed by atoms with E-state index in [1.54, 1.807) is 16.7 Å². The van der Waals surface area contributed by atoms with Crippen LogP contribution in [0.25, 0.3) is 11.2 Å². The Kier molecular flexibility index (Phi) is 17.5. The molecule has 53 heavy (non-hydrogen) atoms. The number of anilines is 1. The third-order valence-electron chi connectivity index (χ3n) is 10.6. The van der Waals surface area contributed by atoms with Gasteiger partial charge in [-0.3, -0.25) is 9.59 Å². The molecule has 1 fully saturated rings. The van der Waals surface area contributed by atoms with Crippen LogP contribution in [0.1, 0.15) is 153 Å². The maximum Gasteiger partial charge on any atom is 0.312 e. The summed E-state index contributed by atoms with van der Waals surface area (Å²) in [5.41, 5.74) is 6.04. The molecule has 3 aromatic rings. The van der Waals surface area contributed by atoms with Crippen molar-refractivity contribution < 1.29 is 28.6 Å². The van der Waals surface area contributed by atoms with E-state index in [-0.39, 0.29) is 48.3 Å². The van der Waals surface area contributed by atoms with Crippen LogP contribution in [-0.2, 0) is 20.7 Å². The van der Waals surface area contributed by atoms with E-state index in [0.717, 1.165) is 24.8 Å². The minimum Gasteiger partial charge on any atom is -0.461 e. The van der Waals surface area contributed by atoms with Gasteiger partial charge in [-0.05, 0) is 37.0 Å². The lowest BCUT2D eigenvalue weighted by molar-refractivity contribution is -0.153. The maximum atomic E-state index is 13.9. The number of terminal acetylenes is 1. The highest BCUT2D eigenvalue weighted by atomic mass is 19.1. The molecule has 2 aromatic heterocycles. The van der Waals surface area contributed by atoms with E-state index in [9.17, 15) is 19.1 Å². The minimum atomic E-state index is -1.12. The van der Waals surface area contributed by atoms with Gasteiger partial charge in [0.1, 0.15) is 17.4 Å². The van der Waals surface area contributed by atoms with Crippen molar-refractivity contribution in [1.82, 2.24) is 19.5 Å². The summed E-state index contributed by atoms with van der Waals surface area (Å²) in [7, 11) is 0. The lowest BCUT2D eigenvalue weighted by atomic mass is 9.85. The molecule has 10 nitrogen and oxygen atoms in total. The SMILES string of the molecule is C#C[C@]1(CO)C[C@@H](n2cnc3c(N)nc(F)nc32)C[C@@H]1OC(=O)CCc1ccc(OC(=O)CCCCCCCCCCCCCCCCCCC)cc1. The van der Waals surface area contributed by atoms with E-state index in [1.165, 1.54) is 96.2 Å². The number of imidazole rings is 1. The molecule has 0 bridgehead atoms. The molecule has 2 heterocycles. The number of nitrogens with two attached hydrogens (primary N) is 1. The average molecular weight is 734 g/mol. The summed E-state index contributed by atoms with van der Waals surface area (Å²) in [6, 6.07) is 6.76. The van der Waals surface area contributed by atoms with Crippen molar-refractivity contribution in [2.24, 2.45) is 5.41 Å². The normalized spacial score (nSPS) is 18.3. The van der Waals surface area contributed by atoms with Gasteiger partial charge in [-0.15, -0.1) is 6.42 Å². The van der Waals surface area contributed by atoms with Gasteiger partial charge in [-0.2, -0.15) is 14.4 Å². The Morgan fingerprint density at radius 3 is 2.06 bits per heavy atom. The van der Waals surface area contributed by atoms with Gasteiger partial charge in [0.25, 0.3) is 0 Å². The van der Waals surface area contributed by atoms with Crippen LogP contribution in [0.2, 0.25) is 0 Å². The monoisotopic (exact) mass is 733 g/mol. The number of unbranched alkanes of at least 4 members (excludes halogenated alkanes) is 16. The maximum absolute atomic E-state index is 13.9. The first-order chi connectivity index (χ1) is 25.8. The number of aryl methyl sites for hydroxylation is 1. The van der Waals surface area contributed by atoms with Gasteiger partial charge in [-0.1, -0.05) is 128 Å². The van der Waals surface area contributed by atoms with E-state index >= 15 is 0 Å². The average Bonchev–Trinajstić information content (AvgIpc) is 3.74. The topological polar surface area (TPSA) is 142 Å². The van der Waals surface area contributed by atoms with E-state index in [0.29, 0.717) is 18.6 Å². The minimum absolute atomic E-state index is 0.0791. The summed E-state index contributed by atoms with van der Waals surface area (Å²) in [5.74, 6) is 2.36. The third kappa shape index (κ3) is 13.1. The Bertz CT molecular complexity index is 1610. The molecule has 0 amide bonds. The molecule has 290 valence electrons. The van der Waals surface area contributed by atoms with Crippen molar-refractivity contribution >= 4 is 28.9 Å². The number of ether oxygens (including phenoxy) is 2. The fraction of sp³-hybridized carbons (Fsp3) is 0.643. The summed E-state index contributed by atoms with van der Waals surface area (Å²) in [6.45, 7) is 1.88. The van der Waals surface area contributed by atoms with Crippen LogP contribution in [0.5, 0.6) is 5.75 Å². The van der Waals surface area contributed by atoms with Gasteiger partial charge >= 0.3 is 18.0 Å². The van der Waals surface area contributed by atoms with Crippen molar-refractivity contribution in [3.8, 4) is 18.1 Å². The van der Waals surface area contributed by atoms with Crippen molar-refractivity contribution in [3.05, 3.63) is 42.2 Å². The molecule has 1 aliphatic carbocycles. The molecule has 0 spiro atoms. The zero-order valence-electron chi connectivity index (χ0n) is 31.7. The van der Waals surface area contributed by atoms with Gasteiger partial charge in [0.15, 0.2) is 11.5 Å². The van der Waals surface area contributed by atoms with E-state index in [2.05, 4.69) is 27.8 Å². The van der Waals surface area contributed by atoms with Crippen molar-refractivity contribution in [2.45, 2.75) is 160 Å². The Balaban J connectivity index is 1.07. The first kappa shape index (κ1) is 41.7. The Hall–Kier alpha value is -4.04. The zero-order chi connectivity index (χ0) is 37.9. The van der Waals surface area contributed by atoms with Crippen molar-refractivity contribution in [3.63, 3.8) is 0 Å². The van der Waals surface area contributed by atoms with Gasteiger partial charge < -0.3 is 24.9 Å². The molecule has 3 N–H and O–H groups in total. The molecule has 0 unspecified atom stereocenters. The number of aliphatic hydroxyl groups excluding tert-OH is 1. The number of benzene rings is 1. The number of hydrogen-bond donors (Lipinski definition) is 2. The molecule has 4 rings (SSSR count). The summed E-state index contributed by atoms with van der Waals surface area (Å²) in [4.78, 5) is 36.9. The number of carbonyl (C=O) groups is 2. The molecular formula is C42H60FN5O5. The van der Waals surface area contributed by atoms with Gasteiger partial charge in [-0.25, -0.2) is 4.98 Å². The first-order valence-electron chi connectivity index (χ1n) is 20.0. The molecule has 3 atom stereocenters. The van der Waals surface area contributed by atoms with E-state index in [4.69, 9.17) is 21.6 Å². The highest BCUT2D eigenvalue weighted by molar-refractivity contribution is 5.81. The van der Waals surface area contributed by atoms with Crippen LogP contribution in [0.15, 0.2) is 30.6 Å². The van der Waals surface area contributed by atoms with Crippen LogP contribution in [0.3, 0.4) is 0 Å². The fourth-order valence-electron chi connectivity index (χ4n) is 7.39. The Morgan fingerprint density at radius 1 is 0.906 bits per heavy atom. The number of carbonyl (C=O) groups excluding carboxylic acids is 2. The fourth-order valence-corrected chi connectivity index (χ4v) is 7.39. The summed E-state index contributed by atoms with van der Waals surface area (Å²) < 4.78 is 26.9. The predicted octanol–water partition coefficient (Wildman–Crippen LogP) is 8.99. The molecule has 0 radical (unpaired) electrons. The number of aromatic nitrogens is 4. The van der Waals surface area contributed by atoms with Gasteiger partial charge in [0.05, 0.1) is 18.3 Å². The van der Waals surface area contributed by atoms with Gasteiger partial charge in [0.2, 0.25) is 0 Å². The third-order valence-corrected chi connectivity index (χ3v) is 10.6. The summed E-state index contributed by atoms with van der Waals surface area (Å²) in [5, 5.41) is 10.3. The molecule has 1 aliphatic rings. The van der Waals surface area contributed by atoms with Gasteiger partial charge in [0, 0.05) is 25.3 Å². The second-order valence-corrected chi connectivity index (χ2v) is 14.8. The number of rotatable bonds is 25. The molecule has 11 heteroatoms. The summed E-state index contributed by atoms with van der Waals surface area (Å²) >= 11 is 0. The molecular weight excluding hydrogens is 673 g/mol. The number of nitrogens with zero attached hydrogens (tertiary/aromatic N) is 4. The van der Waals surface area contributed by atoms with Crippen LogP contribution in [-0.4, -0.2) is 49.3 Å². The second-order valence-electron chi connectivity index (χ2n) is 14.8. The lowest BCUT2D eigenvalue weighted by Crippen LogP contribution is -2.36. The molecule has 1 aromatic carbocycles. The van der Waals surface area contributed by atoms with Crippen molar-refractivity contribution in [2.75, 3.05) is 12.3 Å². The summed E-state index contributed by atoms with van der Waals surface area (Å²) in [6.07, 6.45) is 29.1. The quantitative estimate of drug-likeness (QED) is 0.0287. The highest BCUT2D eigenvalue weighted by Crippen LogP contribution is 2.46. The van der Waals surface area contributed by atoms with Crippen LogP contribution >= 0.6 is 0 Å². The predicted molar refractivity (Wildman–Crippen MR) is 205 cm³/mol. The smallest absolute Gasteiger partial charge is 0.312 e. The standard InChI is InChI=1S/C42H60FN5O5/c1-3-5-6-7-8-9-10-11-12-13-14-15-16-17-18-19-20-21-36(50)52-34-25-22-32(23-26-34)24-27-37(51)53-35-28-33(29-42(35,4-2)30-49)48-31-45-38-39(44)46-41(43)47-40(38)48/h2,22-23,25-26,31,33,35,49H,3,5-21,24,27-30H2,1H3,(H2,44,46,47)/t33-,35-,42+/m0/s1. The van der Waals surface area contributed by atoms with Crippen LogP contribution in [0.4, 0.5) is 10.2 Å². The number of aliphatic hydroxyl groups is 1. The molecule has 1 saturated carbocycles.